The maximum atomic E-state index is 12.1. The summed E-state index contributed by atoms with van der Waals surface area (Å²) in [5.74, 6) is -0.336. The zero-order chi connectivity index (χ0) is 29.4. The molecule has 5 nitrogen and oxygen atoms in total. The summed E-state index contributed by atoms with van der Waals surface area (Å²) in [5, 5.41) is 14.9. The average Bonchev–Trinajstić information content (AvgIpc) is 3.18. The van der Waals surface area contributed by atoms with Crippen LogP contribution >= 0.6 is 23.4 Å². The molecule has 0 unspecified atom stereocenters. The number of hydrogen-bond acceptors (Lipinski definition) is 5. The number of thioether (sulfide) groups is 1. The van der Waals surface area contributed by atoms with E-state index < -0.39 is 11.4 Å². The molecule has 0 saturated carbocycles. The van der Waals surface area contributed by atoms with E-state index in [1.54, 1.807) is 25.6 Å². The fraction of sp³-hybridized carbons (Fsp3) is 0.294. The van der Waals surface area contributed by atoms with E-state index in [0.717, 1.165) is 49.4 Å². The van der Waals surface area contributed by atoms with Crippen LogP contribution in [-0.4, -0.2) is 20.3 Å². The number of aromatic nitrogens is 2. The quantitative estimate of drug-likeness (QED) is 0.180. The summed E-state index contributed by atoms with van der Waals surface area (Å²) >= 11 is 7.90. The van der Waals surface area contributed by atoms with Gasteiger partial charge in [0.2, 0.25) is 0 Å². The summed E-state index contributed by atoms with van der Waals surface area (Å²) in [4.78, 5) is 17.9. The topological polar surface area (TPSA) is 67.2 Å². The first kappa shape index (κ1) is 32.4. The number of hydrogen-bond donors (Lipinski definition) is 0. The van der Waals surface area contributed by atoms with Gasteiger partial charge >= 0.3 is 29.6 Å². The first-order valence-corrected chi connectivity index (χ1v) is 14.9. The van der Waals surface area contributed by atoms with Gasteiger partial charge in [0.1, 0.15) is 12.4 Å². The molecule has 0 aliphatic heterocycles. The van der Waals surface area contributed by atoms with Crippen LogP contribution in [0.1, 0.15) is 51.6 Å². The number of carboxylic acid groups (broad SMARTS) is 1. The maximum absolute atomic E-state index is 12.1. The van der Waals surface area contributed by atoms with E-state index in [1.807, 2.05) is 60.7 Å². The van der Waals surface area contributed by atoms with Crippen molar-refractivity contribution in [2.75, 3.05) is 0 Å². The van der Waals surface area contributed by atoms with Gasteiger partial charge in [0.15, 0.2) is 0 Å². The molecule has 2 aromatic heterocycles. The maximum Gasteiger partial charge on any atom is 1.00 e. The molecule has 0 fully saturated rings. The molecule has 5 rings (SSSR count). The molecule has 0 saturated heterocycles. The normalized spacial score (nSPS) is 12.0. The van der Waals surface area contributed by atoms with Gasteiger partial charge in [0.05, 0.1) is 11.2 Å². The molecular weight excluding hydrogens is 575 g/mol. The Bertz CT molecular complexity index is 1730. The Hall–Kier alpha value is -2.48. The molecule has 0 N–H and O–H groups in total. The molecule has 0 aliphatic rings. The van der Waals surface area contributed by atoms with Crippen molar-refractivity contribution < 1.29 is 44.2 Å². The minimum absolute atomic E-state index is 0. The van der Waals surface area contributed by atoms with Crippen molar-refractivity contribution in [2.24, 2.45) is 5.41 Å². The number of halogens is 1. The number of benzene rings is 3. The zero-order valence-electron chi connectivity index (χ0n) is 25.0. The van der Waals surface area contributed by atoms with Crippen LogP contribution in [0.4, 0.5) is 0 Å². The van der Waals surface area contributed by atoms with Gasteiger partial charge in [-0.15, -0.1) is 11.8 Å². The molecule has 0 aliphatic carbocycles. The van der Waals surface area contributed by atoms with Gasteiger partial charge in [-0.2, -0.15) is 0 Å². The SMILES string of the molecule is CC(C)(C)Sc1c(CC(C)(C)C(=O)[O-])n(Cc2ccc(Cl)cc2)c2ccc(OCc3ccc4ccccc4n3)cc12.[Na+]. The van der Waals surface area contributed by atoms with Crippen molar-refractivity contribution in [3.8, 4) is 5.75 Å². The summed E-state index contributed by atoms with van der Waals surface area (Å²) in [6.45, 7) is 10.9. The molecule has 0 radical (unpaired) electrons. The molecule has 5 aromatic rings. The van der Waals surface area contributed by atoms with Crippen LogP contribution in [-0.2, 0) is 24.4 Å². The molecule has 0 amide bonds. The van der Waals surface area contributed by atoms with E-state index in [1.165, 1.54) is 0 Å². The van der Waals surface area contributed by atoms with E-state index in [-0.39, 0.29) is 34.3 Å². The third-order valence-electron chi connectivity index (χ3n) is 6.96. The van der Waals surface area contributed by atoms with Gasteiger partial charge in [-0.1, -0.05) is 82.6 Å². The fourth-order valence-corrected chi connectivity index (χ4v) is 6.14. The summed E-state index contributed by atoms with van der Waals surface area (Å²) in [6, 6.07) is 26.0. The molecule has 42 heavy (non-hydrogen) atoms. The first-order valence-electron chi connectivity index (χ1n) is 13.7. The van der Waals surface area contributed by atoms with E-state index in [9.17, 15) is 9.90 Å². The molecule has 0 atom stereocenters. The Kier molecular flexibility index (Phi) is 10.1. The van der Waals surface area contributed by atoms with Crippen LogP contribution in [0.2, 0.25) is 5.02 Å². The molecule has 0 bridgehead atoms. The first-order chi connectivity index (χ1) is 19.4. The predicted octanol–water partition coefficient (Wildman–Crippen LogP) is 4.68. The number of pyridine rings is 1. The number of carbonyl (C=O) groups excluding carboxylic acids is 1. The van der Waals surface area contributed by atoms with Crippen LogP contribution in [0.25, 0.3) is 21.8 Å². The van der Waals surface area contributed by atoms with Gasteiger partial charge in [-0.3, -0.25) is 0 Å². The second-order valence-corrected chi connectivity index (χ2v) is 14.3. The van der Waals surface area contributed by atoms with Crippen molar-refractivity contribution in [2.45, 2.75) is 63.8 Å². The molecule has 2 heterocycles. The second kappa shape index (κ2) is 13.0. The second-order valence-electron chi connectivity index (χ2n) is 12.0. The number of carbonyl (C=O) groups is 1. The zero-order valence-corrected chi connectivity index (χ0v) is 28.6. The van der Waals surface area contributed by atoms with Crippen molar-refractivity contribution in [3.63, 3.8) is 0 Å². The summed E-state index contributed by atoms with van der Waals surface area (Å²) in [6.07, 6.45) is 0.327. The van der Waals surface area contributed by atoms with E-state index in [4.69, 9.17) is 21.3 Å². The molecular formula is C34H34ClN2NaO3S. The average molecular weight is 609 g/mol. The van der Waals surface area contributed by atoms with Crippen molar-refractivity contribution in [1.82, 2.24) is 9.55 Å². The van der Waals surface area contributed by atoms with Crippen LogP contribution in [0.5, 0.6) is 5.75 Å². The molecule has 8 heteroatoms. The van der Waals surface area contributed by atoms with Crippen molar-refractivity contribution in [1.29, 1.82) is 0 Å². The number of aliphatic carboxylic acids is 1. The van der Waals surface area contributed by atoms with Crippen molar-refractivity contribution in [3.05, 3.63) is 101 Å². The Morgan fingerprint density at radius 2 is 1.69 bits per heavy atom. The Balaban J connectivity index is 0.00000405. The number of carboxylic acids is 1. The summed E-state index contributed by atoms with van der Waals surface area (Å²) in [5.41, 5.74) is 3.80. The van der Waals surface area contributed by atoms with E-state index in [2.05, 4.69) is 43.5 Å². The summed E-state index contributed by atoms with van der Waals surface area (Å²) < 4.78 is 8.38. The van der Waals surface area contributed by atoms with Crippen LogP contribution in [0, 0.1) is 5.41 Å². The number of para-hydroxylation sites is 1. The van der Waals surface area contributed by atoms with Crippen LogP contribution in [0.15, 0.2) is 83.8 Å². The fourth-order valence-electron chi connectivity index (χ4n) is 4.83. The smallest absolute Gasteiger partial charge is 0.550 e. The third-order valence-corrected chi connectivity index (χ3v) is 8.48. The standard InChI is InChI=1S/C34H35ClN2O3S.Na/c1-33(2,3)41-31-27-18-26(40-21-25-15-12-23-8-6-7-9-28(23)36-25)16-17-29(27)37(20-22-10-13-24(35)14-11-22)30(31)19-34(4,5)32(38)39;/h6-18H,19-21H2,1-5H3,(H,38,39);/q;+1/p-1. The molecule has 0 spiro atoms. The Labute approximate surface area is 278 Å². The molecule has 3 aromatic carbocycles. The van der Waals surface area contributed by atoms with Crippen LogP contribution < -0.4 is 39.4 Å². The van der Waals surface area contributed by atoms with E-state index >= 15 is 0 Å². The molecule has 212 valence electrons. The third kappa shape index (κ3) is 7.53. The van der Waals surface area contributed by atoms with E-state index in [0.29, 0.717) is 24.6 Å². The summed E-state index contributed by atoms with van der Waals surface area (Å²) in [7, 11) is 0. The van der Waals surface area contributed by atoms with Crippen LogP contribution in [0.3, 0.4) is 0 Å². The number of ether oxygens (including phenoxy) is 1. The number of fused-ring (bicyclic) bond motifs is 2. The van der Waals surface area contributed by atoms with Gasteiger partial charge in [-0.05, 0) is 54.4 Å². The van der Waals surface area contributed by atoms with Gasteiger partial charge < -0.3 is 19.2 Å². The van der Waals surface area contributed by atoms with Gasteiger partial charge in [-0.25, -0.2) is 4.98 Å². The number of nitrogens with zero attached hydrogens (tertiary/aromatic N) is 2. The monoisotopic (exact) mass is 608 g/mol. The Morgan fingerprint density at radius 1 is 0.976 bits per heavy atom. The Morgan fingerprint density at radius 3 is 2.38 bits per heavy atom. The van der Waals surface area contributed by atoms with Gasteiger partial charge in [0.25, 0.3) is 0 Å². The van der Waals surface area contributed by atoms with Crippen molar-refractivity contribution >= 4 is 51.1 Å². The number of rotatable bonds is 9. The largest absolute Gasteiger partial charge is 1.00 e. The minimum atomic E-state index is -1.07. The van der Waals surface area contributed by atoms with Gasteiger partial charge in [0, 0.05) is 54.6 Å². The predicted molar refractivity (Wildman–Crippen MR) is 167 cm³/mol. The minimum Gasteiger partial charge on any atom is -0.550 e.